The predicted octanol–water partition coefficient (Wildman–Crippen LogP) is 4.53. The molecule has 1 heterocycles. The number of rotatable bonds is 5. The van der Waals surface area contributed by atoms with Gasteiger partial charge in [0.2, 0.25) is 0 Å². The Morgan fingerprint density at radius 1 is 1.15 bits per heavy atom. The van der Waals surface area contributed by atoms with Crippen LogP contribution in [0, 0.1) is 15.9 Å². The maximum Gasteiger partial charge on any atom is 0.293 e. The number of hydrogen-bond donors (Lipinski definition) is 0. The van der Waals surface area contributed by atoms with E-state index >= 15 is 0 Å². The maximum atomic E-state index is 13.0. The van der Waals surface area contributed by atoms with Gasteiger partial charge >= 0.3 is 0 Å². The van der Waals surface area contributed by atoms with Gasteiger partial charge in [-0.3, -0.25) is 24.6 Å². The lowest BCUT2D eigenvalue weighted by Crippen LogP contribution is -2.27. The molecule has 0 aliphatic carbocycles. The van der Waals surface area contributed by atoms with Crippen LogP contribution < -0.4 is 0 Å². The fourth-order valence-electron chi connectivity index (χ4n) is 2.41. The van der Waals surface area contributed by atoms with Gasteiger partial charge in [0.25, 0.3) is 16.8 Å². The molecule has 2 aromatic rings. The van der Waals surface area contributed by atoms with Crippen molar-refractivity contribution in [2.45, 2.75) is 6.54 Å². The third-order valence-corrected chi connectivity index (χ3v) is 4.67. The summed E-state index contributed by atoms with van der Waals surface area (Å²) < 4.78 is 13.0. The third kappa shape index (κ3) is 4.48. The van der Waals surface area contributed by atoms with Crippen LogP contribution in [-0.2, 0) is 11.3 Å². The zero-order valence-corrected chi connectivity index (χ0v) is 14.7. The molecule has 27 heavy (non-hydrogen) atoms. The number of thioether (sulfide) groups is 1. The number of nitro groups is 1. The molecule has 0 saturated carbocycles. The molecule has 0 unspecified atom stereocenters. The number of amides is 2. The average Bonchev–Trinajstić information content (AvgIpc) is 2.91. The van der Waals surface area contributed by atoms with Crippen molar-refractivity contribution >= 4 is 34.7 Å². The summed E-state index contributed by atoms with van der Waals surface area (Å²) in [6.07, 6.45) is 4.67. The average molecular weight is 384 g/mol. The standard InChI is InChI=1S/C19H13FN2O4S/c20-15-9-7-14(8-10-15)12-21-18(23)17(27-19(21)24)6-2-4-13-3-1-5-16(11-13)22(25)26/h1-11H,12H2/b4-2+,17-6-. The first-order valence-corrected chi connectivity index (χ1v) is 8.66. The molecule has 0 spiro atoms. The van der Waals surface area contributed by atoms with Crippen LogP contribution in [0.3, 0.4) is 0 Å². The van der Waals surface area contributed by atoms with Crippen molar-refractivity contribution in [3.05, 3.63) is 92.6 Å². The molecular weight excluding hydrogens is 371 g/mol. The van der Waals surface area contributed by atoms with E-state index in [-0.39, 0.29) is 23.0 Å². The van der Waals surface area contributed by atoms with Crippen molar-refractivity contribution in [2.24, 2.45) is 0 Å². The molecule has 1 aliphatic heterocycles. The summed E-state index contributed by atoms with van der Waals surface area (Å²) in [6, 6.07) is 11.6. The first kappa shape index (κ1) is 18.5. The Labute approximate surface area is 158 Å². The highest BCUT2D eigenvalue weighted by atomic mass is 32.2. The maximum absolute atomic E-state index is 13.0. The van der Waals surface area contributed by atoms with E-state index < -0.39 is 16.1 Å². The van der Waals surface area contributed by atoms with Gasteiger partial charge in [-0.25, -0.2) is 4.39 Å². The highest BCUT2D eigenvalue weighted by molar-refractivity contribution is 8.18. The molecule has 0 N–H and O–H groups in total. The van der Waals surface area contributed by atoms with Crippen molar-refractivity contribution in [3.8, 4) is 0 Å². The second-order valence-corrected chi connectivity index (χ2v) is 6.62. The van der Waals surface area contributed by atoms with E-state index in [1.807, 2.05) is 0 Å². The monoisotopic (exact) mass is 384 g/mol. The second kappa shape index (κ2) is 7.96. The Morgan fingerprint density at radius 3 is 2.59 bits per heavy atom. The van der Waals surface area contributed by atoms with Crippen LogP contribution in [-0.4, -0.2) is 21.0 Å². The Balaban J connectivity index is 1.71. The first-order valence-electron chi connectivity index (χ1n) is 7.85. The van der Waals surface area contributed by atoms with Crippen molar-refractivity contribution in [1.82, 2.24) is 4.90 Å². The molecule has 1 fully saturated rings. The Bertz CT molecular complexity index is 970. The van der Waals surface area contributed by atoms with Crippen LogP contribution in [0.25, 0.3) is 6.08 Å². The lowest BCUT2D eigenvalue weighted by atomic mass is 10.2. The summed E-state index contributed by atoms with van der Waals surface area (Å²) in [5.74, 6) is -0.822. The number of allylic oxidation sites excluding steroid dienone is 2. The lowest BCUT2D eigenvalue weighted by Gasteiger charge is -2.12. The van der Waals surface area contributed by atoms with Gasteiger partial charge in [0.15, 0.2) is 0 Å². The molecule has 8 heteroatoms. The highest BCUT2D eigenvalue weighted by Gasteiger charge is 2.34. The number of hydrogen-bond acceptors (Lipinski definition) is 5. The minimum Gasteiger partial charge on any atom is -0.268 e. The van der Waals surface area contributed by atoms with E-state index in [1.165, 1.54) is 42.5 Å². The summed E-state index contributed by atoms with van der Waals surface area (Å²) >= 11 is 0.812. The fraction of sp³-hybridized carbons (Fsp3) is 0.0526. The van der Waals surface area contributed by atoms with E-state index in [1.54, 1.807) is 24.3 Å². The van der Waals surface area contributed by atoms with Gasteiger partial charge in [0.1, 0.15) is 5.82 Å². The Hall–Kier alpha value is -3.26. The smallest absolute Gasteiger partial charge is 0.268 e. The molecule has 3 rings (SSSR count). The quantitative estimate of drug-likeness (QED) is 0.430. The normalized spacial score (nSPS) is 15.9. The van der Waals surface area contributed by atoms with Crippen LogP contribution in [0.5, 0.6) is 0 Å². The van der Waals surface area contributed by atoms with Crippen LogP contribution in [0.2, 0.25) is 0 Å². The minimum absolute atomic E-state index is 0.0308. The molecule has 0 atom stereocenters. The number of imide groups is 1. The Kier molecular flexibility index (Phi) is 5.46. The zero-order valence-electron chi connectivity index (χ0n) is 13.9. The SMILES string of the molecule is O=C1S/C(=C\C=C\c2cccc([N+](=O)[O-])c2)C(=O)N1Cc1ccc(F)cc1. The van der Waals surface area contributed by atoms with Crippen LogP contribution in [0.15, 0.2) is 65.6 Å². The van der Waals surface area contributed by atoms with Crippen molar-refractivity contribution in [2.75, 3.05) is 0 Å². The summed E-state index contributed by atoms with van der Waals surface area (Å²) in [5.41, 5.74) is 1.22. The van der Waals surface area contributed by atoms with Gasteiger partial charge in [-0.15, -0.1) is 0 Å². The number of benzene rings is 2. The highest BCUT2D eigenvalue weighted by Crippen LogP contribution is 2.31. The molecule has 136 valence electrons. The summed E-state index contributed by atoms with van der Waals surface area (Å²) in [6.45, 7) is 0.0664. The molecule has 0 aromatic heterocycles. The fourth-order valence-corrected chi connectivity index (χ4v) is 3.20. The molecular formula is C19H13FN2O4S. The summed E-state index contributed by atoms with van der Waals surface area (Å²) in [7, 11) is 0. The van der Waals surface area contributed by atoms with Gasteiger partial charge in [-0.1, -0.05) is 36.4 Å². The van der Waals surface area contributed by atoms with E-state index in [2.05, 4.69) is 0 Å². The van der Waals surface area contributed by atoms with Gasteiger partial charge < -0.3 is 0 Å². The Morgan fingerprint density at radius 2 is 1.89 bits per heavy atom. The van der Waals surface area contributed by atoms with E-state index in [0.717, 1.165) is 16.7 Å². The molecule has 0 radical (unpaired) electrons. The molecule has 2 aromatic carbocycles. The van der Waals surface area contributed by atoms with E-state index in [0.29, 0.717) is 11.1 Å². The van der Waals surface area contributed by atoms with Gasteiger partial charge in [0.05, 0.1) is 16.4 Å². The molecule has 1 aliphatic rings. The molecule has 2 amide bonds. The largest absolute Gasteiger partial charge is 0.293 e. The second-order valence-electron chi connectivity index (χ2n) is 5.63. The number of carbonyl (C=O) groups is 2. The predicted molar refractivity (Wildman–Crippen MR) is 100 cm³/mol. The molecule has 6 nitrogen and oxygen atoms in total. The summed E-state index contributed by atoms with van der Waals surface area (Å²) in [5, 5.41) is 10.4. The number of non-ortho nitro benzene ring substituents is 1. The van der Waals surface area contributed by atoms with Crippen molar-refractivity contribution < 1.29 is 18.9 Å². The van der Waals surface area contributed by atoms with Crippen LogP contribution in [0.1, 0.15) is 11.1 Å². The zero-order chi connectivity index (χ0) is 19.4. The number of nitro benzene ring substituents is 1. The molecule has 0 bridgehead atoms. The van der Waals surface area contributed by atoms with E-state index in [4.69, 9.17) is 0 Å². The van der Waals surface area contributed by atoms with Crippen molar-refractivity contribution in [3.63, 3.8) is 0 Å². The number of nitrogens with zero attached hydrogens (tertiary/aromatic N) is 2. The third-order valence-electron chi connectivity index (χ3n) is 3.74. The van der Waals surface area contributed by atoms with Gasteiger partial charge in [-0.2, -0.15) is 0 Å². The van der Waals surface area contributed by atoms with E-state index in [9.17, 15) is 24.1 Å². The van der Waals surface area contributed by atoms with Crippen LogP contribution in [0.4, 0.5) is 14.9 Å². The number of carbonyl (C=O) groups excluding carboxylic acids is 2. The summed E-state index contributed by atoms with van der Waals surface area (Å²) in [4.78, 5) is 36.1. The van der Waals surface area contributed by atoms with Gasteiger partial charge in [0, 0.05) is 12.1 Å². The lowest BCUT2D eigenvalue weighted by molar-refractivity contribution is -0.384. The topological polar surface area (TPSA) is 80.5 Å². The number of halogens is 1. The minimum atomic E-state index is -0.488. The molecule has 1 saturated heterocycles. The van der Waals surface area contributed by atoms with Crippen molar-refractivity contribution in [1.29, 1.82) is 0 Å². The first-order chi connectivity index (χ1) is 12.9. The van der Waals surface area contributed by atoms with Gasteiger partial charge in [-0.05, 0) is 41.1 Å². The van der Waals surface area contributed by atoms with Crippen LogP contribution >= 0.6 is 11.8 Å².